The van der Waals surface area contributed by atoms with Crippen LogP contribution in [0, 0.1) is 0 Å². The molecule has 3 nitrogen and oxygen atoms in total. The summed E-state index contributed by atoms with van der Waals surface area (Å²) in [7, 11) is 1.68. The van der Waals surface area contributed by atoms with Crippen LogP contribution in [0.1, 0.15) is 19.8 Å². The van der Waals surface area contributed by atoms with E-state index < -0.39 is 0 Å². The van der Waals surface area contributed by atoms with Crippen molar-refractivity contribution in [2.45, 2.75) is 31.8 Å². The molecular formula is C9H18N2OS. The molecule has 0 spiro atoms. The van der Waals surface area contributed by atoms with E-state index >= 15 is 0 Å². The molecule has 0 radical (unpaired) electrons. The highest BCUT2D eigenvalue weighted by Crippen LogP contribution is 2.17. The molecule has 0 aromatic heterocycles. The maximum Gasteiger partial charge on any atom is 0.236 e. The Balaban J connectivity index is 2.25. The van der Waals surface area contributed by atoms with Crippen LogP contribution in [0.15, 0.2) is 0 Å². The molecule has 1 aliphatic heterocycles. The second-order valence-corrected chi connectivity index (χ2v) is 4.61. The molecule has 1 saturated heterocycles. The lowest BCUT2D eigenvalue weighted by Gasteiger charge is -2.25. The van der Waals surface area contributed by atoms with E-state index in [2.05, 4.69) is 10.6 Å². The fraction of sp³-hybridized carbons (Fsp3) is 0.889. The summed E-state index contributed by atoms with van der Waals surface area (Å²) in [6.07, 6.45) is 2.37. The van der Waals surface area contributed by atoms with Crippen molar-refractivity contribution in [2.75, 3.05) is 18.6 Å². The van der Waals surface area contributed by atoms with E-state index in [1.165, 1.54) is 24.3 Å². The van der Waals surface area contributed by atoms with Gasteiger partial charge in [-0.3, -0.25) is 4.79 Å². The molecule has 1 fully saturated rings. The molecule has 0 saturated carbocycles. The van der Waals surface area contributed by atoms with Crippen LogP contribution in [0.3, 0.4) is 0 Å². The smallest absolute Gasteiger partial charge is 0.236 e. The van der Waals surface area contributed by atoms with E-state index in [0.717, 1.165) is 0 Å². The van der Waals surface area contributed by atoms with Gasteiger partial charge in [-0.2, -0.15) is 11.8 Å². The molecule has 0 aromatic carbocycles. The lowest BCUT2D eigenvalue weighted by Crippen LogP contribution is -2.46. The number of hydrogen-bond donors (Lipinski definition) is 2. The van der Waals surface area contributed by atoms with Crippen molar-refractivity contribution in [2.24, 2.45) is 0 Å². The minimum absolute atomic E-state index is 0.0573. The van der Waals surface area contributed by atoms with Crippen LogP contribution < -0.4 is 10.6 Å². The average molecular weight is 202 g/mol. The molecule has 1 heterocycles. The Morgan fingerprint density at radius 2 is 2.08 bits per heavy atom. The van der Waals surface area contributed by atoms with Gasteiger partial charge in [-0.25, -0.2) is 0 Å². The van der Waals surface area contributed by atoms with Gasteiger partial charge >= 0.3 is 0 Å². The van der Waals surface area contributed by atoms with Crippen LogP contribution in [0.5, 0.6) is 0 Å². The summed E-state index contributed by atoms with van der Waals surface area (Å²) in [5, 5.41) is 5.99. The zero-order valence-corrected chi connectivity index (χ0v) is 9.12. The van der Waals surface area contributed by atoms with Gasteiger partial charge in [-0.15, -0.1) is 0 Å². The molecule has 76 valence electrons. The minimum atomic E-state index is -0.0573. The molecule has 1 atom stereocenters. The highest BCUT2D eigenvalue weighted by atomic mass is 32.2. The number of amides is 1. The Bertz CT molecular complexity index is 169. The largest absolute Gasteiger partial charge is 0.358 e. The van der Waals surface area contributed by atoms with Gasteiger partial charge in [-0.05, 0) is 31.3 Å². The topological polar surface area (TPSA) is 41.1 Å². The number of hydrogen-bond acceptors (Lipinski definition) is 3. The number of thioether (sulfide) groups is 1. The van der Waals surface area contributed by atoms with Crippen LogP contribution in [-0.2, 0) is 4.79 Å². The minimum Gasteiger partial charge on any atom is -0.358 e. The van der Waals surface area contributed by atoms with Crippen molar-refractivity contribution in [3.63, 3.8) is 0 Å². The number of nitrogens with one attached hydrogen (secondary N) is 2. The molecule has 1 aliphatic rings. The summed E-state index contributed by atoms with van der Waals surface area (Å²) < 4.78 is 0. The highest BCUT2D eigenvalue weighted by molar-refractivity contribution is 7.99. The summed E-state index contributed by atoms with van der Waals surface area (Å²) >= 11 is 2.00. The van der Waals surface area contributed by atoms with E-state index in [-0.39, 0.29) is 11.9 Å². The maximum atomic E-state index is 11.2. The van der Waals surface area contributed by atoms with Gasteiger partial charge in [0.05, 0.1) is 6.04 Å². The van der Waals surface area contributed by atoms with Gasteiger partial charge in [0.25, 0.3) is 0 Å². The van der Waals surface area contributed by atoms with Crippen molar-refractivity contribution in [1.82, 2.24) is 10.6 Å². The van der Waals surface area contributed by atoms with Gasteiger partial charge in [0.1, 0.15) is 0 Å². The van der Waals surface area contributed by atoms with Crippen LogP contribution in [0.2, 0.25) is 0 Å². The molecular weight excluding hydrogens is 184 g/mol. The van der Waals surface area contributed by atoms with E-state index in [1.807, 2.05) is 18.7 Å². The van der Waals surface area contributed by atoms with E-state index in [4.69, 9.17) is 0 Å². The standard InChI is InChI=1S/C9H18N2OS/c1-7(9(12)10-2)11-8-3-5-13-6-4-8/h7-8,11H,3-6H2,1-2H3,(H,10,12)/t7-/m1/s1. The lowest BCUT2D eigenvalue weighted by molar-refractivity contribution is -0.122. The summed E-state index contributed by atoms with van der Waals surface area (Å²) in [4.78, 5) is 11.2. The summed E-state index contributed by atoms with van der Waals surface area (Å²) in [6.45, 7) is 1.92. The van der Waals surface area contributed by atoms with Crippen molar-refractivity contribution >= 4 is 17.7 Å². The summed E-state index contributed by atoms with van der Waals surface area (Å²) in [5.74, 6) is 2.52. The molecule has 2 N–H and O–H groups in total. The Morgan fingerprint density at radius 1 is 1.46 bits per heavy atom. The second-order valence-electron chi connectivity index (χ2n) is 3.39. The fourth-order valence-electron chi connectivity index (χ4n) is 1.51. The Morgan fingerprint density at radius 3 is 2.62 bits per heavy atom. The van der Waals surface area contributed by atoms with Crippen LogP contribution in [-0.4, -0.2) is 36.5 Å². The number of rotatable bonds is 3. The predicted octanol–water partition coefficient (Wildman–Crippen LogP) is 0.606. The quantitative estimate of drug-likeness (QED) is 0.704. The van der Waals surface area contributed by atoms with Gasteiger partial charge in [0, 0.05) is 13.1 Å². The Labute approximate surface area is 84.0 Å². The SMILES string of the molecule is CNC(=O)[C@@H](C)NC1CCSCC1. The van der Waals surface area contributed by atoms with Crippen LogP contribution in [0.25, 0.3) is 0 Å². The third-order valence-corrected chi connectivity index (χ3v) is 3.40. The van der Waals surface area contributed by atoms with Crippen molar-refractivity contribution in [1.29, 1.82) is 0 Å². The summed E-state index contributed by atoms with van der Waals surface area (Å²) in [5.41, 5.74) is 0. The van der Waals surface area contributed by atoms with Gasteiger partial charge in [-0.1, -0.05) is 0 Å². The van der Waals surface area contributed by atoms with E-state index in [1.54, 1.807) is 7.05 Å². The number of carbonyl (C=O) groups excluding carboxylic acids is 1. The first-order valence-electron chi connectivity index (χ1n) is 4.79. The number of likely N-dealkylation sites (N-methyl/N-ethyl adjacent to an activating group) is 1. The summed E-state index contributed by atoms with van der Waals surface area (Å²) in [6, 6.07) is 0.478. The van der Waals surface area contributed by atoms with Crippen LogP contribution in [0.4, 0.5) is 0 Å². The first-order chi connectivity index (χ1) is 6.24. The highest BCUT2D eigenvalue weighted by Gasteiger charge is 2.18. The van der Waals surface area contributed by atoms with Crippen molar-refractivity contribution in [3.05, 3.63) is 0 Å². The molecule has 1 amide bonds. The van der Waals surface area contributed by atoms with Gasteiger partial charge in [0.15, 0.2) is 0 Å². The average Bonchev–Trinajstić information content (AvgIpc) is 2.18. The third kappa shape index (κ3) is 3.56. The fourth-order valence-corrected chi connectivity index (χ4v) is 2.62. The van der Waals surface area contributed by atoms with Crippen molar-refractivity contribution in [3.8, 4) is 0 Å². The number of carbonyl (C=O) groups is 1. The zero-order valence-electron chi connectivity index (χ0n) is 8.30. The van der Waals surface area contributed by atoms with Gasteiger partial charge < -0.3 is 10.6 Å². The van der Waals surface area contributed by atoms with Crippen LogP contribution >= 0.6 is 11.8 Å². The molecule has 1 rings (SSSR count). The van der Waals surface area contributed by atoms with E-state index in [0.29, 0.717) is 6.04 Å². The second kappa shape index (κ2) is 5.50. The molecule has 4 heteroatoms. The maximum absolute atomic E-state index is 11.2. The monoisotopic (exact) mass is 202 g/mol. The molecule has 0 aliphatic carbocycles. The molecule has 0 unspecified atom stereocenters. The zero-order chi connectivity index (χ0) is 9.68. The third-order valence-electron chi connectivity index (χ3n) is 2.35. The Hall–Kier alpha value is -0.220. The molecule has 13 heavy (non-hydrogen) atoms. The van der Waals surface area contributed by atoms with Gasteiger partial charge in [0.2, 0.25) is 5.91 Å². The first-order valence-corrected chi connectivity index (χ1v) is 5.95. The Kier molecular flexibility index (Phi) is 4.59. The van der Waals surface area contributed by atoms with E-state index in [9.17, 15) is 4.79 Å². The molecule has 0 aromatic rings. The van der Waals surface area contributed by atoms with Crippen molar-refractivity contribution < 1.29 is 4.79 Å². The predicted molar refractivity (Wildman–Crippen MR) is 57.0 cm³/mol. The molecule has 0 bridgehead atoms. The lowest BCUT2D eigenvalue weighted by atomic mass is 10.1. The normalized spacial score (nSPS) is 21.1. The first kappa shape index (κ1) is 10.9.